The highest BCUT2D eigenvalue weighted by atomic mass is 35.5. The van der Waals surface area contributed by atoms with E-state index in [1.54, 1.807) is 25.1 Å². The molecule has 5 nitrogen and oxygen atoms in total. The Hall–Kier alpha value is -1.82. The number of halogens is 2. The van der Waals surface area contributed by atoms with Crippen molar-refractivity contribution in [3.05, 3.63) is 57.0 Å². The zero-order valence-corrected chi connectivity index (χ0v) is 18.0. The van der Waals surface area contributed by atoms with E-state index in [0.717, 1.165) is 18.4 Å². The van der Waals surface area contributed by atoms with Crippen molar-refractivity contribution < 1.29 is 19.1 Å². The van der Waals surface area contributed by atoms with Gasteiger partial charge >= 0.3 is 0 Å². The lowest BCUT2D eigenvalue weighted by molar-refractivity contribution is 0.0865. The first-order chi connectivity index (χ1) is 13.8. The molecule has 0 saturated heterocycles. The molecule has 1 fully saturated rings. The Balaban J connectivity index is 1.91. The molecule has 2 aromatic rings. The van der Waals surface area contributed by atoms with E-state index in [1.165, 1.54) is 6.07 Å². The maximum atomic E-state index is 13.0. The van der Waals surface area contributed by atoms with E-state index in [2.05, 4.69) is 5.32 Å². The summed E-state index contributed by atoms with van der Waals surface area (Å²) < 4.78 is 5.85. The molecular weight excluding hydrogens is 413 g/mol. The lowest BCUT2D eigenvalue weighted by atomic mass is 9.92. The number of benzene rings is 1. The number of carbonyl (C=O) groups excluding carboxylic acids is 2. The molecule has 0 unspecified atom stereocenters. The van der Waals surface area contributed by atoms with Gasteiger partial charge in [0.2, 0.25) is 0 Å². The van der Waals surface area contributed by atoms with Crippen LogP contribution in [0.4, 0.5) is 0 Å². The average Bonchev–Trinajstić information content (AvgIpc) is 3.13. The number of nitrogens with one attached hydrogen (secondary N) is 1. The van der Waals surface area contributed by atoms with Gasteiger partial charge < -0.3 is 14.8 Å². The van der Waals surface area contributed by atoms with Crippen LogP contribution in [-0.2, 0) is 0 Å². The number of furan rings is 1. The maximum absolute atomic E-state index is 13.0. The summed E-state index contributed by atoms with van der Waals surface area (Å²) in [6, 6.07) is 6.70. The molecule has 29 heavy (non-hydrogen) atoms. The molecule has 1 aliphatic carbocycles. The fourth-order valence-electron chi connectivity index (χ4n) is 3.68. The van der Waals surface area contributed by atoms with Crippen LogP contribution in [0, 0.1) is 0 Å². The minimum Gasteiger partial charge on any atom is -0.456 e. The Kier molecular flexibility index (Phi) is 7.04. The van der Waals surface area contributed by atoms with Gasteiger partial charge in [-0.05, 0) is 49.4 Å². The van der Waals surface area contributed by atoms with Crippen LogP contribution >= 0.6 is 23.2 Å². The molecule has 0 bridgehead atoms. The predicted octanol–water partition coefficient (Wildman–Crippen LogP) is 5.36. The summed E-state index contributed by atoms with van der Waals surface area (Å²) in [5.41, 5.74) is 1.14. The van der Waals surface area contributed by atoms with Gasteiger partial charge in [0.15, 0.2) is 11.5 Å². The van der Waals surface area contributed by atoms with E-state index in [9.17, 15) is 14.7 Å². The summed E-state index contributed by atoms with van der Waals surface area (Å²) in [6.45, 7) is 3.63. The number of rotatable bonds is 6. The molecule has 1 aliphatic rings. The third kappa shape index (κ3) is 5.21. The number of aliphatic hydroxyl groups excluding tert-OH is 1. The molecule has 3 rings (SSSR count). The summed E-state index contributed by atoms with van der Waals surface area (Å²) in [4.78, 5) is 25.2. The Morgan fingerprint density at radius 3 is 2.34 bits per heavy atom. The van der Waals surface area contributed by atoms with E-state index in [0.29, 0.717) is 34.2 Å². The minimum atomic E-state index is -0.321. The van der Waals surface area contributed by atoms with Gasteiger partial charge in [0.05, 0.1) is 11.7 Å². The number of ketones is 1. The van der Waals surface area contributed by atoms with Crippen molar-refractivity contribution >= 4 is 34.9 Å². The normalized spacial score (nSPS) is 20.3. The second kappa shape index (κ2) is 9.33. The molecule has 0 aliphatic heterocycles. The quantitative estimate of drug-likeness (QED) is 0.595. The molecule has 1 amide bonds. The van der Waals surface area contributed by atoms with Crippen LogP contribution in [-0.4, -0.2) is 28.9 Å². The second-order valence-electron chi connectivity index (χ2n) is 7.57. The standard InChI is InChI=1S/C22H25Cl2NO4/c1-3-19(27)20-11-18(22(28)25-16-4-6-17(26)7-5-16)21(29-20)12(2)13-8-14(23)10-15(24)9-13/h8-12,16-17,26H,3-7H2,1-2H3,(H,25,28)/t12-,16?,17?/m0/s1. The van der Waals surface area contributed by atoms with Gasteiger partial charge in [-0.15, -0.1) is 0 Å². The third-order valence-corrected chi connectivity index (χ3v) is 5.85. The fraction of sp³-hybridized carbons (Fsp3) is 0.455. The van der Waals surface area contributed by atoms with Crippen molar-refractivity contribution in [1.82, 2.24) is 5.32 Å². The smallest absolute Gasteiger partial charge is 0.255 e. The fourth-order valence-corrected chi connectivity index (χ4v) is 4.22. The number of hydrogen-bond donors (Lipinski definition) is 2. The first kappa shape index (κ1) is 21.9. The highest BCUT2D eigenvalue weighted by Gasteiger charge is 2.28. The number of amides is 1. The van der Waals surface area contributed by atoms with Crippen molar-refractivity contribution in [2.45, 2.75) is 64.0 Å². The van der Waals surface area contributed by atoms with Gasteiger partial charge in [0, 0.05) is 34.5 Å². The van der Waals surface area contributed by atoms with E-state index >= 15 is 0 Å². The Bertz CT molecular complexity index is 880. The monoisotopic (exact) mass is 437 g/mol. The predicted molar refractivity (Wildman–Crippen MR) is 113 cm³/mol. The molecule has 1 aromatic carbocycles. The Morgan fingerprint density at radius 2 is 1.76 bits per heavy atom. The van der Waals surface area contributed by atoms with Crippen molar-refractivity contribution in [2.75, 3.05) is 0 Å². The van der Waals surface area contributed by atoms with Gasteiger partial charge in [-0.3, -0.25) is 9.59 Å². The Morgan fingerprint density at radius 1 is 1.14 bits per heavy atom. The third-order valence-electron chi connectivity index (χ3n) is 5.41. The summed E-state index contributed by atoms with van der Waals surface area (Å²) in [5.74, 6) is -0.179. The summed E-state index contributed by atoms with van der Waals surface area (Å²) >= 11 is 12.3. The van der Waals surface area contributed by atoms with Crippen molar-refractivity contribution in [2.24, 2.45) is 0 Å². The van der Waals surface area contributed by atoms with Crippen LogP contribution in [0.1, 0.15) is 84.1 Å². The molecule has 1 aromatic heterocycles. The van der Waals surface area contributed by atoms with Gasteiger partial charge in [-0.25, -0.2) is 0 Å². The van der Waals surface area contributed by atoms with Crippen LogP contribution in [0.5, 0.6) is 0 Å². The van der Waals surface area contributed by atoms with Crippen molar-refractivity contribution in [3.63, 3.8) is 0 Å². The van der Waals surface area contributed by atoms with Crippen LogP contribution < -0.4 is 5.32 Å². The summed E-state index contributed by atoms with van der Waals surface area (Å²) in [5, 5.41) is 13.7. The highest BCUT2D eigenvalue weighted by Crippen LogP contribution is 2.33. The van der Waals surface area contributed by atoms with Gasteiger partial charge in [-0.2, -0.15) is 0 Å². The van der Waals surface area contributed by atoms with Crippen LogP contribution in [0.3, 0.4) is 0 Å². The maximum Gasteiger partial charge on any atom is 0.255 e. The second-order valence-corrected chi connectivity index (χ2v) is 8.44. The summed E-state index contributed by atoms with van der Waals surface area (Å²) in [6.07, 6.45) is 2.77. The van der Waals surface area contributed by atoms with E-state index < -0.39 is 0 Å². The number of hydrogen-bond acceptors (Lipinski definition) is 4. The molecule has 0 spiro atoms. The molecule has 156 valence electrons. The summed E-state index contributed by atoms with van der Waals surface area (Å²) in [7, 11) is 0. The number of Topliss-reactive ketones (excluding diaryl/α,β-unsaturated/α-hetero) is 1. The first-order valence-corrected chi connectivity index (χ1v) is 10.7. The number of aliphatic hydroxyl groups is 1. The largest absolute Gasteiger partial charge is 0.456 e. The lowest BCUT2D eigenvalue weighted by Gasteiger charge is -2.26. The average molecular weight is 438 g/mol. The van der Waals surface area contributed by atoms with E-state index in [-0.39, 0.29) is 41.9 Å². The lowest BCUT2D eigenvalue weighted by Crippen LogP contribution is -2.38. The Labute approximate surface area is 180 Å². The molecule has 7 heteroatoms. The molecule has 2 N–H and O–H groups in total. The molecule has 1 saturated carbocycles. The van der Waals surface area contributed by atoms with E-state index in [4.69, 9.17) is 27.6 Å². The number of carbonyl (C=O) groups is 2. The van der Waals surface area contributed by atoms with Crippen molar-refractivity contribution in [3.8, 4) is 0 Å². The van der Waals surface area contributed by atoms with Gasteiger partial charge in [0.25, 0.3) is 5.91 Å². The van der Waals surface area contributed by atoms with Crippen LogP contribution in [0.2, 0.25) is 10.0 Å². The first-order valence-electron chi connectivity index (χ1n) is 9.90. The molecule has 0 radical (unpaired) electrons. The molecular formula is C22H25Cl2NO4. The zero-order chi connectivity index (χ0) is 21.1. The van der Waals surface area contributed by atoms with E-state index in [1.807, 2.05) is 6.92 Å². The van der Waals surface area contributed by atoms with Gasteiger partial charge in [-0.1, -0.05) is 37.0 Å². The van der Waals surface area contributed by atoms with Crippen LogP contribution in [0.25, 0.3) is 0 Å². The minimum absolute atomic E-state index is 0.00473. The molecule has 1 heterocycles. The zero-order valence-electron chi connectivity index (χ0n) is 16.5. The topological polar surface area (TPSA) is 79.5 Å². The van der Waals surface area contributed by atoms with Crippen molar-refractivity contribution in [1.29, 1.82) is 0 Å². The SMILES string of the molecule is CCC(=O)c1cc(C(=O)NC2CCC(O)CC2)c([C@@H](C)c2cc(Cl)cc(Cl)c2)o1. The molecule has 1 atom stereocenters. The van der Waals surface area contributed by atoms with Crippen LogP contribution in [0.15, 0.2) is 28.7 Å². The highest BCUT2D eigenvalue weighted by molar-refractivity contribution is 6.34. The van der Waals surface area contributed by atoms with Gasteiger partial charge in [0.1, 0.15) is 5.76 Å².